The quantitative estimate of drug-likeness (QED) is 0.693. The van der Waals surface area contributed by atoms with Gasteiger partial charge < -0.3 is 14.4 Å². The molecular formula is C13H20N2O3. The van der Waals surface area contributed by atoms with Crippen molar-refractivity contribution >= 4 is 11.8 Å². The van der Waals surface area contributed by atoms with Crippen molar-refractivity contribution in [3.63, 3.8) is 0 Å². The van der Waals surface area contributed by atoms with Crippen molar-refractivity contribution in [2.45, 2.75) is 20.3 Å². The van der Waals surface area contributed by atoms with Crippen molar-refractivity contribution < 1.29 is 14.3 Å². The first-order chi connectivity index (χ1) is 8.67. The van der Waals surface area contributed by atoms with Gasteiger partial charge in [-0.15, -0.1) is 0 Å². The first-order valence-corrected chi connectivity index (χ1v) is 6.14. The van der Waals surface area contributed by atoms with E-state index >= 15 is 0 Å². The van der Waals surface area contributed by atoms with Gasteiger partial charge in [0.05, 0.1) is 19.6 Å². The summed E-state index contributed by atoms with van der Waals surface area (Å²) in [5.74, 6) is 1.19. The van der Waals surface area contributed by atoms with Gasteiger partial charge in [-0.1, -0.05) is 6.07 Å². The van der Waals surface area contributed by atoms with Crippen molar-refractivity contribution in [1.82, 2.24) is 4.98 Å². The monoisotopic (exact) mass is 252 g/mol. The summed E-state index contributed by atoms with van der Waals surface area (Å²) in [6.07, 6.45) is 0.352. The Morgan fingerprint density at radius 1 is 1.33 bits per heavy atom. The predicted molar refractivity (Wildman–Crippen MR) is 69.9 cm³/mol. The van der Waals surface area contributed by atoms with Gasteiger partial charge in [-0.3, -0.25) is 4.79 Å². The van der Waals surface area contributed by atoms with Crippen molar-refractivity contribution in [3.05, 3.63) is 18.2 Å². The molecule has 0 aliphatic carbocycles. The lowest BCUT2D eigenvalue weighted by Crippen LogP contribution is -2.23. The lowest BCUT2D eigenvalue weighted by molar-refractivity contribution is -0.142. The van der Waals surface area contributed by atoms with Gasteiger partial charge in [-0.2, -0.15) is 4.98 Å². The molecule has 5 heteroatoms. The highest BCUT2D eigenvalue weighted by atomic mass is 16.5. The highest BCUT2D eigenvalue weighted by molar-refractivity contribution is 5.70. The number of carbonyl (C=O) groups is 1. The molecule has 18 heavy (non-hydrogen) atoms. The minimum absolute atomic E-state index is 0.190. The number of rotatable bonds is 7. The number of hydrogen-bond donors (Lipinski definition) is 0. The first-order valence-electron chi connectivity index (χ1n) is 6.14. The van der Waals surface area contributed by atoms with Crippen LogP contribution in [0.3, 0.4) is 0 Å². The van der Waals surface area contributed by atoms with Gasteiger partial charge in [0.25, 0.3) is 0 Å². The van der Waals surface area contributed by atoms with E-state index in [1.165, 1.54) is 0 Å². The molecule has 0 N–H and O–H groups in total. The molecule has 0 unspecified atom stereocenters. The average molecular weight is 252 g/mol. The molecule has 1 aromatic rings. The minimum atomic E-state index is -0.190. The number of aromatic nitrogens is 1. The fourth-order valence-corrected chi connectivity index (χ4v) is 1.45. The topological polar surface area (TPSA) is 51.7 Å². The Morgan fingerprint density at radius 2 is 2.11 bits per heavy atom. The maximum atomic E-state index is 11.3. The Labute approximate surface area is 108 Å². The number of anilines is 1. The van der Waals surface area contributed by atoms with Crippen molar-refractivity contribution in [2.75, 3.05) is 31.7 Å². The van der Waals surface area contributed by atoms with Crippen LogP contribution in [0.15, 0.2) is 18.2 Å². The molecule has 0 saturated heterocycles. The molecular weight excluding hydrogens is 232 g/mol. The number of pyridine rings is 1. The predicted octanol–water partition coefficient (Wildman–Crippen LogP) is 1.87. The molecule has 0 saturated carbocycles. The summed E-state index contributed by atoms with van der Waals surface area (Å²) in [7, 11) is 1.89. The van der Waals surface area contributed by atoms with Gasteiger partial charge >= 0.3 is 5.97 Å². The molecule has 0 aliphatic rings. The number of hydrogen-bond acceptors (Lipinski definition) is 5. The van der Waals surface area contributed by atoms with Crippen LogP contribution in [0.1, 0.15) is 20.3 Å². The zero-order valence-electron chi connectivity index (χ0n) is 11.2. The van der Waals surface area contributed by atoms with Crippen LogP contribution >= 0.6 is 0 Å². The third-order valence-electron chi connectivity index (χ3n) is 2.35. The van der Waals surface area contributed by atoms with Crippen LogP contribution in [0, 0.1) is 0 Å². The summed E-state index contributed by atoms with van der Waals surface area (Å²) in [5, 5.41) is 0. The zero-order chi connectivity index (χ0) is 13.4. The summed E-state index contributed by atoms with van der Waals surface area (Å²) in [4.78, 5) is 17.5. The van der Waals surface area contributed by atoms with Gasteiger partial charge in [0, 0.05) is 19.7 Å². The summed E-state index contributed by atoms with van der Waals surface area (Å²) in [5.41, 5.74) is 0. The second-order valence-electron chi connectivity index (χ2n) is 3.74. The molecule has 0 fully saturated rings. The molecule has 0 aliphatic heterocycles. The highest BCUT2D eigenvalue weighted by Gasteiger charge is 2.07. The Hall–Kier alpha value is -1.78. The normalized spacial score (nSPS) is 9.94. The highest BCUT2D eigenvalue weighted by Crippen LogP contribution is 2.14. The molecule has 0 amide bonds. The van der Waals surface area contributed by atoms with Crippen LogP contribution in [-0.2, 0) is 9.53 Å². The molecule has 0 atom stereocenters. The van der Waals surface area contributed by atoms with Gasteiger partial charge in [-0.05, 0) is 19.9 Å². The van der Waals surface area contributed by atoms with E-state index in [0.29, 0.717) is 32.1 Å². The van der Waals surface area contributed by atoms with E-state index in [-0.39, 0.29) is 5.97 Å². The van der Waals surface area contributed by atoms with Gasteiger partial charge in [0.15, 0.2) is 0 Å². The van der Waals surface area contributed by atoms with E-state index in [0.717, 1.165) is 5.82 Å². The van der Waals surface area contributed by atoms with E-state index in [2.05, 4.69) is 4.98 Å². The maximum absolute atomic E-state index is 11.3. The largest absolute Gasteiger partial charge is 0.478 e. The molecule has 100 valence electrons. The fraction of sp³-hybridized carbons (Fsp3) is 0.538. The third kappa shape index (κ3) is 4.61. The molecule has 1 aromatic heterocycles. The van der Waals surface area contributed by atoms with Crippen LogP contribution in [0.2, 0.25) is 0 Å². The van der Waals surface area contributed by atoms with E-state index in [1.54, 1.807) is 6.92 Å². The molecule has 0 bridgehead atoms. The molecule has 1 heterocycles. The summed E-state index contributed by atoms with van der Waals surface area (Å²) in [6.45, 7) is 5.29. The van der Waals surface area contributed by atoms with Crippen LogP contribution < -0.4 is 9.64 Å². The van der Waals surface area contributed by atoms with Crippen molar-refractivity contribution in [3.8, 4) is 5.88 Å². The fourth-order valence-electron chi connectivity index (χ4n) is 1.45. The van der Waals surface area contributed by atoms with Crippen molar-refractivity contribution in [2.24, 2.45) is 0 Å². The Kier molecular flexibility index (Phi) is 5.97. The summed E-state index contributed by atoms with van der Waals surface area (Å²) < 4.78 is 10.2. The number of nitrogens with zero attached hydrogens (tertiary/aromatic N) is 2. The Morgan fingerprint density at radius 3 is 2.78 bits per heavy atom. The van der Waals surface area contributed by atoms with Crippen molar-refractivity contribution in [1.29, 1.82) is 0 Å². The van der Waals surface area contributed by atoms with E-state index < -0.39 is 0 Å². The average Bonchev–Trinajstić information content (AvgIpc) is 2.37. The van der Waals surface area contributed by atoms with E-state index in [9.17, 15) is 4.79 Å². The van der Waals surface area contributed by atoms with Crippen LogP contribution in [-0.4, -0.2) is 37.8 Å². The Bertz CT molecular complexity index is 382. The SMILES string of the molecule is CCOC(=O)CCN(C)c1cccc(OCC)n1. The molecule has 0 aromatic carbocycles. The molecule has 0 radical (unpaired) electrons. The Balaban J connectivity index is 2.52. The second-order valence-corrected chi connectivity index (χ2v) is 3.74. The van der Waals surface area contributed by atoms with E-state index in [4.69, 9.17) is 9.47 Å². The van der Waals surface area contributed by atoms with Crippen LogP contribution in [0.4, 0.5) is 5.82 Å². The molecule has 1 rings (SSSR count). The lowest BCUT2D eigenvalue weighted by atomic mass is 10.3. The first kappa shape index (κ1) is 14.3. The van der Waals surface area contributed by atoms with Gasteiger partial charge in [0.2, 0.25) is 5.88 Å². The smallest absolute Gasteiger partial charge is 0.307 e. The minimum Gasteiger partial charge on any atom is -0.478 e. The molecule has 5 nitrogen and oxygen atoms in total. The van der Waals surface area contributed by atoms with Crippen LogP contribution in [0.5, 0.6) is 5.88 Å². The standard InChI is InChI=1S/C13H20N2O3/c1-4-17-12-8-6-7-11(14-12)15(3)10-9-13(16)18-5-2/h6-8H,4-5,9-10H2,1-3H3. The summed E-state index contributed by atoms with van der Waals surface area (Å²) >= 11 is 0. The summed E-state index contributed by atoms with van der Waals surface area (Å²) in [6, 6.07) is 5.58. The zero-order valence-corrected chi connectivity index (χ0v) is 11.2. The third-order valence-corrected chi connectivity index (χ3v) is 2.35. The molecule has 0 spiro atoms. The number of ether oxygens (including phenoxy) is 2. The number of esters is 1. The number of carbonyl (C=O) groups excluding carboxylic acids is 1. The lowest BCUT2D eigenvalue weighted by Gasteiger charge is -2.18. The van der Waals surface area contributed by atoms with Gasteiger partial charge in [0.1, 0.15) is 5.82 Å². The van der Waals surface area contributed by atoms with Crippen LogP contribution in [0.25, 0.3) is 0 Å². The van der Waals surface area contributed by atoms with Gasteiger partial charge in [-0.25, -0.2) is 0 Å². The maximum Gasteiger partial charge on any atom is 0.307 e. The second kappa shape index (κ2) is 7.53. The van der Waals surface area contributed by atoms with E-state index in [1.807, 2.05) is 37.1 Å².